The van der Waals surface area contributed by atoms with Crippen LogP contribution in [0.1, 0.15) is 53.4 Å². The van der Waals surface area contributed by atoms with E-state index in [4.69, 9.17) is 10.00 Å². The Morgan fingerprint density at radius 2 is 2.11 bits per heavy atom. The number of hydrogen-bond donors (Lipinski definition) is 0. The predicted molar refractivity (Wildman–Crippen MR) is 80.9 cm³/mol. The highest BCUT2D eigenvalue weighted by Crippen LogP contribution is 2.13. The van der Waals surface area contributed by atoms with Gasteiger partial charge in [0.1, 0.15) is 6.07 Å². The molecule has 0 spiro atoms. The van der Waals surface area contributed by atoms with E-state index in [1.807, 2.05) is 6.92 Å². The van der Waals surface area contributed by atoms with Crippen LogP contribution >= 0.6 is 0 Å². The lowest BCUT2D eigenvalue weighted by Crippen LogP contribution is -2.12. The minimum atomic E-state index is 0.487. The van der Waals surface area contributed by atoms with Crippen LogP contribution < -0.4 is 0 Å². The van der Waals surface area contributed by atoms with Crippen LogP contribution in [0.5, 0.6) is 0 Å². The summed E-state index contributed by atoms with van der Waals surface area (Å²) in [5, 5.41) is 8.87. The van der Waals surface area contributed by atoms with E-state index in [1.165, 1.54) is 25.3 Å². The third-order valence-corrected chi connectivity index (χ3v) is 3.11. The topological polar surface area (TPSA) is 45.4 Å². The molecular weight excluding hydrogens is 236 g/mol. The molecule has 0 fully saturated rings. The standard InChI is InChI=1S/C16H26N2O/c1-6-9-10-15(7-2)12-19-14(5)18-13(4)16(8-3)11-17/h8,15H,3,6-7,9-10,12H2,1-2,4-5H3/b16-13+,18-14?. The molecular formula is C16H26N2O. The maximum atomic E-state index is 8.87. The smallest absolute Gasteiger partial charge is 0.184 e. The Bertz CT molecular complexity index is 375. The Hall–Kier alpha value is -1.56. The van der Waals surface area contributed by atoms with Crippen molar-refractivity contribution >= 4 is 5.90 Å². The zero-order valence-corrected chi connectivity index (χ0v) is 12.7. The van der Waals surface area contributed by atoms with Gasteiger partial charge in [-0.05, 0) is 25.3 Å². The molecule has 106 valence electrons. The van der Waals surface area contributed by atoms with Crippen molar-refractivity contribution in [3.63, 3.8) is 0 Å². The Morgan fingerprint density at radius 1 is 1.42 bits per heavy atom. The second-order valence-corrected chi connectivity index (χ2v) is 4.67. The SMILES string of the molecule is C=C/C(C#N)=C(/C)N=C(C)OCC(CC)CCCC. The van der Waals surface area contributed by atoms with Gasteiger partial charge in [0, 0.05) is 6.92 Å². The first-order valence-electron chi connectivity index (χ1n) is 7.00. The van der Waals surface area contributed by atoms with Gasteiger partial charge in [0.05, 0.1) is 17.9 Å². The summed E-state index contributed by atoms with van der Waals surface area (Å²) in [6.45, 7) is 12.3. The number of rotatable bonds is 8. The van der Waals surface area contributed by atoms with Crippen molar-refractivity contribution in [3.8, 4) is 6.07 Å². The maximum Gasteiger partial charge on any atom is 0.184 e. The number of ether oxygens (including phenoxy) is 1. The van der Waals surface area contributed by atoms with Crippen molar-refractivity contribution in [3.05, 3.63) is 23.9 Å². The second kappa shape index (κ2) is 10.4. The lowest BCUT2D eigenvalue weighted by atomic mass is 10.0. The minimum absolute atomic E-state index is 0.487. The molecule has 0 radical (unpaired) electrons. The summed E-state index contributed by atoms with van der Waals surface area (Å²) in [5.41, 5.74) is 1.14. The molecule has 0 aromatic carbocycles. The van der Waals surface area contributed by atoms with Crippen molar-refractivity contribution in [1.29, 1.82) is 5.26 Å². The Morgan fingerprint density at radius 3 is 2.58 bits per heavy atom. The lowest BCUT2D eigenvalue weighted by Gasteiger charge is -2.15. The first-order chi connectivity index (χ1) is 9.08. The summed E-state index contributed by atoms with van der Waals surface area (Å²) in [5.74, 6) is 1.20. The first-order valence-corrected chi connectivity index (χ1v) is 7.00. The molecule has 19 heavy (non-hydrogen) atoms. The van der Waals surface area contributed by atoms with Crippen LogP contribution in [0.4, 0.5) is 0 Å². The zero-order valence-electron chi connectivity index (χ0n) is 12.7. The first kappa shape index (κ1) is 17.4. The fourth-order valence-electron chi connectivity index (χ4n) is 1.74. The van der Waals surface area contributed by atoms with Gasteiger partial charge in [-0.15, -0.1) is 0 Å². The molecule has 0 aliphatic rings. The number of allylic oxidation sites excluding steroid dienone is 3. The van der Waals surface area contributed by atoms with Crippen molar-refractivity contribution in [2.45, 2.75) is 53.4 Å². The summed E-state index contributed by atoms with van der Waals surface area (Å²) in [4.78, 5) is 4.29. The van der Waals surface area contributed by atoms with Gasteiger partial charge in [0.15, 0.2) is 5.90 Å². The predicted octanol–water partition coefficient (Wildman–Crippen LogP) is 4.62. The van der Waals surface area contributed by atoms with Crippen molar-refractivity contribution in [2.24, 2.45) is 10.9 Å². The van der Waals surface area contributed by atoms with Crippen LogP contribution in [0.2, 0.25) is 0 Å². The molecule has 0 N–H and O–H groups in total. The normalized spacial score (nSPS) is 14.4. The van der Waals surface area contributed by atoms with Gasteiger partial charge in [-0.25, -0.2) is 4.99 Å². The molecule has 0 bridgehead atoms. The minimum Gasteiger partial charge on any atom is -0.481 e. The van der Waals surface area contributed by atoms with E-state index in [0.717, 1.165) is 6.42 Å². The molecule has 3 heteroatoms. The van der Waals surface area contributed by atoms with Crippen LogP contribution in [0, 0.1) is 17.2 Å². The summed E-state index contributed by atoms with van der Waals surface area (Å²) < 4.78 is 5.67. The van der Waals surface area contributed by atoms with E-state index >= 15 is 0 Å². The monoisotopic (exact) mass is 262 g/mol. The molecule has 0 aliphatic heterocycles. The van der Waals surface area contributed by atoms with Crippen LogP contribution in [0.3, 0.4) is 0 Å². The molecule has 1 atom stereocenters. The average Bonchev–Trinajstić information content (AvgIpc) is 2.40. The molecule has 0 aromatic rings. The van der Waals surface area contributed by atoms with Crippen molar-refractivity contribution in [2.75, 3.05) is 6.61 Å². The summed E-state index contributed by atoms with van der Waals surface area (Å²) in [7, 11) is 0. The number of nitriles is 1. The maximum absolute atomic E-state index is 8.87. The van der Waals surface area contributed by atoms with Gasteiger partial charge in [0.25, 0.3) is 0 Å². The summed E-state index contributed by atoms with van der Waals surface area (Å²) >= 11 is 0. The molecule has 0 saturated heterocycles. The van der Waals surface area contributed by atoms with Crippen LogP contribution in [-0.2, 0) is 4.74 Å². The van der Waals surface area contributed by atoms with Gasteiger partial charge in [0.2, 0.25) is 0 Å². The fourth-order valence-corrected chi connectivity index (χ4v) is 1.74. The van der Waals surface area contributed by atoms with Gasteiger partial charge in [-0.3, -0.25) is 0 Å². The molecule has 0 amide bonds. The van der Waals surface area contributed by atoms with Gasteiger partial charge >= 0.3 is 0 Å². The number of hydrogen-bond acceptors (Lipinski definition) is 3. The molecule has 0 rings (SSSR count). The third-order valence-electron chi connectivity index (χ3n) is 3.11. The van der Waals surface area contributed by atoms with Crippen LogP contribution in [0.15, 0.2) is 28.9 Å². The van der Waals surface area contributed by atoms with Crippen LogP contribution in [0.25, 0.3) is 0 Å². The summed E-state index contributed by atoms with van der Waals surface area (Å²) in [6.07, 6.45) is 6.30. The fraction of sp³-hybridized carbons (Fsp3) is 0.625. The molecule has 1 unspecified atom stereocenters. The van der Waals surface area contributed by atoms with E-state index in [0.29, 0.717) is 29.7 Å². The van der Waals surface area contributed by atoms with E-state index in [1.54, 1.807) is 6.92 Å². The molecule has 0 saturated carbocycles. The van der Waals surface area contributed by atoms with E-state index in [2.05, 4.69) is 31.5 Å². The lowest BCUT2D eigenvalue weighted by molar-refractivity contribution is 0.221. The molecule has 0 aliphatic carbocycles. The van der Waals surface area contributed by atoms with Crippen LogP contribution in [-0.4, -0.2) is 12.5 Å². The Balaban J connectivity index is 4.44. The molecule has 0 aromatic heterocycles. The summed E-state index contributed by atoms with van der Waals surface area (Å²) in [6, 6.07) is 2.06. The third kappa shape index (κ3) is 7.46. The Kier molecular flexibility index (Phi) is 9.52. The highest BCUT2D eigenvalue weighted by molar-refractivity contribution is 5.74. The molecule has 3 nitrogen and oxygen atoms in total. The second-order valence-electron chi connectivity index (χ2n) is 4.67. The highest BCUT2D eigenvalue weighted by atomic mass is 16.5. The highest BCUT2D eigenvalue weighted by Gasteiger charge is 2.07. The van der Waals surface area contributed by atoms with E-state index < -0.39 is 0 Å². The zero-order chi connectivity index (χ0) is 14.7. The van der Waals surface area contributed by atoms with Crippen molar-refractivity contribution in [1.82, 2.24) is 0 Å². The average molecular weight is 262 g/mol. The number of aliphatic imine (C=N–C) groups is 1. The number of unbranched alkanes of at least 4 members (excludes halogenated alkanes) is 1. The number of nitrogens with zero attached hydrogens (tertiary/aromatic N) is 2. The largest absolute Gasteiger partial charge is 0.481 e. The Labute approximate surface area is 117 Å². The van der Waals surface area contributed by atoms with Crippen molar-refractivity contribution < 1.29 is 4.74 Å². The molecule has 0 heterocycles. The van der Waals surface area contributed by atoms with E-state index in [9.17, 15) is 0 Å². The van der Waals surface area contributed by atoms with E-state index in [-0.39, 0.29) is 0 Å². The quantitative estimate of drug-likeness (QED) is 0.277. The van der Waals surface area contributed by atoms with Gasteiger partial charge in [-0.2, -0.15) is 5.26 Å². The van der Waals surface area contributed by atoms with Gasteiger partial charge < -0.3 is 4.74 Å². The van der Waals surface area contributed by atoms with Gasteiger partial charge in [-0.1, -0.05) is 39.7 Å².